The van der Waals surface area contributed by atoms with Crippen LogP contribution in [0.1, 0.15) is 18.1 Å². The van der Waals surface area contributed by atoms with E-state index in [1.165, 1.54) is 21.9 Å². The maximum absolute atomic E-state index is 4.11. The van der Waals surface area contributed by atoms with Crippen molar-refractivity contribution in [2.24, 2.45) is 0 Å². The molecule has 0 aliphatic heterocycles. The van der Waals surface area contributed by atoms with E-state index in [0.29, 0.717) is 0 Å². The molecule has 0 unspecified atom stereocenters. The zero-order valence-electron chi connectivity index (χ0n) is 8.33. The van der Waals surface area contributed by atoms with Crippen LogP contribution in [0.3, 0.4) is 0 Å². The predicted molar refractivity (Wildman–Crippen MR) is 61.2 cm³/mol. The number of nitrogens with zero attached hydrogens (tertiary/aromatic N) is 1. The molecule has 0 amide bonds. The van der Waals surface area contributed by atoms with Crippen molar-refractivity contribution in [3.05, 3.63) is 48.3 Å². The number of hydrogen-bond donors (Lipinski definition) is 0. The van der Waals surface area contributed by atoms with Gasteiger partial charge in [0.15, 0.2) is 0 Å². The van der Waals surface area contributed by atoms with E-state index in [1.54, 1.807) is 0 Å². The number of fused-ring (bicyclic) bond motifs is 1. The zero-order valence-corrected chi connectivity index (χ0v) is 8.33. The molecule has 1 aromatic carbocycles. The molecular weight excluding hydrogens is 170 g/mol. The number of pyridine rings is 1. The van der Waals surface area contributed by atoms with Crippen LogP contribution in [0.4, 0.5) is 0 Å². The van der Waals surface area contributed by atoms with Gasteiger partial charge in [0.25, 0.3) is 0 Å². The summed E-state index contributed by atoms with van der Waals surface area (Å²) >= 11 is 0. The molecule has 2 rings (SSSR count). The first-order valence-corrected chi connectivity index (χ1v) is 4.85. The third-order valence-corrected chi connectivity index (χ3v) is 2.54. The van der Waals surface area contributed by atoms with Gasteiger partial charge in [0.05, 0.1) is 0 Å². The van der Waals surface area contributed by atoms with Crippen molar-refractivity contribution in [1.82, 2.24) is 4.98 Å². The zero-order chi connectivity index (χ0) is 9.97. The molecule has 1 nitrogen and oxygen atoms in total. The fourth-order valence-electron chi connectivity index (χ4n) is 1.79. The minimum atomic E-state index is 1.04. The standard InChI is InChI=1S/C13H13N/c1-3-10-5-6-11-9-14-8-7-13(11)12(10)4-2/h4-9H,2-3H2,1H3. The molecule has 2 aromatic rings. The van der Waals surface area contributed by atoms with E-state index in [-0.39, 0.29) is 0 Å². The second-order valence-electron chi connectivity index (χ2n) is 3.29. The monoisotopic (exact) mass is 183 g/mol. The van der Waals surface area contributed by atoms with Crippen LogP contribution in [-0.4, -0.2) is 4.98 Å². The third kappa shape index (κ3) is 1.31. The Bertz CT molecular complexity index is 472. The van der Waals surface area contributed by atoms with Crippen molar-refractivity contribution in [3.63, 3.8) is 0 Å². The van der Waals surface area contributed by atoms with E-state index in [4.69, 9.17) is 0 Å². The molecule has 0 radical (unpaired) electrons. The maximum atomic E-state index is 4.11. The van der Waals surface area contributed by atoms with Crippen LogP contribution in [0.25, 0.3) is 16.8 Å². The minimum absolute atomic E-state index is 1.04. The number of aryl methyl sites for hydroxylation is 1. The molecule has 1 heteroatoms. The first kappa shape index (κ1) is 8.95. The van der Waals surface area contributed by atoms with Crippen molar-refractivity contribution in [2.45, 2.75) is 13.3 Å². The second kappa shape index (κ2) is 3.62. The van der Waals surface area contributed by atoms with E-state index in [2.05, 4.69) is 30.6 Å². The fourth-order valence-corrected chi connectivity index (χ4v) is 1.79. The van der Waals surface area contributed by atoms with E-state index in [0.717, 1.165) is 6.42 Å². The Hall–Kier alpha value is -1.63. The number of aromatic nitrogens is 1. The lowest BCUT2D eigenvalue weighted by Gasteiger charge is -2.07. The van der Waals surface area contributed by atoms with E-state index in [1.807, 2.05) is 24.5 Å². The van der Waals surface area contributed by atoms with Crippen LogP contribution in [0, 0.1) is 0 Å². The predicted octanol–water partition coefficient (Wildman–Crippen LogP) is 3.44. The molecular formula is C13H13N. The molecule has 70 valence electrons. The van der Waals surface area contributed by atoms with Gasteiger partial charge in [-0.1, -0.05) is 31.7 Å². The quantitative estimate of drug-likeness (QED) is 0.695. The van der Waals surface area contributed by atoms with Gasteiger partial charge in [-0.3, -0.25) is 4.98 Å². The van der Waals surface area contributed by atoms with Crippen molar-refractivity contribution in [3.8, 4) is 0 Å². The van der Waals surface area contributed by atoms with Crippen molar-refractivity contribution >= 4 is 16.8 Å². The molecule has 1 heterocycles. The molecule has 0 bridgehead atoms. The summed E-state index contributed by atoms with van der Waals surface area (Å²) in [4.78, 5) is 4.11. The smallest absolute Gasteiger partial charge is 0.0346 e. The second-order valence-corrected chi connectivity index (χ2v) is 3.29. The summed E-state index contributed by atoms with van der Waals surface area (Å²) in [5.74, 6) is 0. The Balaban J connectivity index is 2.83. The van der Waals surface area contributed by atoms with Gasteiger partial charge < -0.3 is 0 Å². The Morgan fingerprint density at radius 2 is 2.21 bits per heavy atom. The largest absolute Gasteiger partial charge is 0.264 e. The third-order valence-electron chi connectivity index (χ3n) is 2.54. The van der Waals surface area contributed by atoms with Crippen molar-refractivity contribution in [1.29, 1.82) is 0 Å². The molecule has 0 aliphatic rings. The van der Waals surface area contributed by atoms with E-state index >= 15 is 0 Å². The van der Waals surface area contributed by atoms with Crippen LogP contribution in [0.5, 0.6) is 0 Å². The number of benzene rings is 1. The number of rotatable bonds is 2. The van der Waals surface area contributed by atoms with Gasteiger partial charge in [0.2, 0.25) is 0 Å². The van der Waals surface area contributed by atoms with Gasteiger partial charge in [-0.25, -0.2) is 0 Å². The SMILES string of the molecule is C=Cc1c(CC)ccc2cnccc12. The van der Waals surface area contributed by atoms with Crippen molar-refractivity contribution in [2.75, 3.05) is 0 Å². The highest BCUT2D eigenvalue weighted by Gasteiger charge is 2.02. The van der Waals surface area contributed by atoms with Gasteiger partial charge in [-0.2, -0.15) is 0 Å². The normalized spacial score (nSPS) is 10.4. The Morgan fingerprint density at radius 1 is 1.36 bits per heavy atom. The van der Waals surface area contributed by atoms with E-state index < -0.39 is 0 Å². The average molecular weight is 183 g/mol. The molecule has 0 fully saturated rings. The molecule has 0 spiro atoms. The van der Waals surface area contributed by atoms with Crippen molar-refractivity contribution < 1.29 is 0 Å². The molecule has 0 N–H and O–H groups in total. The highest BCUT2D eigenvalue weighted by atomic mass is 14.6. The van der Waals surface area contributed by atoms with Gasteiger partial charge in [-0.05, 0) is 29.0 Å². The van der Waals surface area contributed by atoms with Gasteiger partial charge in [0, 0.05) is 17.8 Å². The lowest BCUT2D eigenvalue weighted by Crippen LogP contribution is -1.88. The lowest BCUT2D eigenvalue weighted by atomic mass is 9.99. The molecule has 14 heavy (non-hydrogen) atoms. The Morgan fingerprint density at radius 3 is 2.93 bits per heavy atom. The Labute approximate surface area is 84.1 Å². The highest BCUT2D eigenvalue weighted by Crippen LogP contribution is 2.22. The fraction of sp³-hybridized carbons (Fsp3) is 0.154. The van der Waals surface area contributed by atoms with Crippen LogP contribution in [0.15, 0.2) is 37.2 Å². The van der Waals surface area contributed by atoms with Crippen LogP contribution < -0.4 is 0 Å². The topological polar surface area (TPSA) is 12.9 Å². The van der Waals surface area contributed by atoms with Crippen LogP contribution >= 0.6 is 0 Å². The summed E-state index contributed by atoms with van der Waals surface area (Å²) in [6.45, 7) is 6.03. The first-order valence-electron chi connectivity index (χ1n) is 4.85. The van der Waals surface area contributed by atoms with Gasteiger partial charge in [0.1, 0.15) is 0 Å². The summed E-state index contributed by atoms with van der Waals surface area (Å²) in [6, 6.07) is 6.32. The molecule has 1 aromatic heterocycles. The first-order chi connectivity index (χ1) is 6.86. The summed E-state index contributed by atoms with van der Waals surface area (Å²) in [5, 5.41) is 2.42. The van der Waals surface area contributed by atoms with Gasteiger partial charge >= 0.3 is 0 Å². The summed E-state index contributed by atoms with van der Waals surface area (Å²) in [6.07, 6.45) is 6.69. The van der Waals surface area contributed by atoms with Gasteiger partial charge in [-0.15, -0.1) is 0 Å². The summed E-state index contributed by atoms with van der Waals surface area (Å²) in [7, 11) is 0. The maximum Gasteiger partial charge on any atom is 0.0346 e. The summed E-state index contributed by atoms with van der Waals surface area (Å²) in [5.41, 5.74) is 2.59. The summed E-state index contributed by atoms with van der Waals surface area (Å²) < 4.78 is 0. The molecule has 0 atom stereocenters. The molecule has 0 saturated heterocycles. The number of hydrogen-bond acceptors (Lipinski definition) is 1. The Kier molecular flexibility index (Phi) is 2.32. The highest BCUT2D eigenvalue weighted by molar-refractivity contribution is 5.91. The van der Waals surface area contributed by atoms with Crippen LogP contribution in [0.2, 0.25) is 0 Å². The lowest BCUT2D eigenvalue weighted by molar-refractivity contribution is 1.14. The minimum Gasteiger partial charge on any atom is -0.264 e. The molecule has 0 aliphatic carbocycles. The average Bonchev–Trinajstić information content (AvgIpc) is 2.27. The van der Waals surface area contributed by atoms with E-state index in [9.17, 15) is 0 Å². The molecule has 0 saturated carbocycles. The van der Waals surface area contributed by atoms with Crippen LogP contribution in [-0.2, 0) is 6.42 Å².